The summed E-state index contributed by atoms with van der Waals surface area (Å²) in [6.07, 6.45) is 6.80. The van der Waals surface area contributed by atoms with Gasteiger partial charge in [-0.25, -0.2) is 0 Å². The molecule has 1 aromatic carbocycles. The highest BCUT2D eigenvalue weighted by Crippen LogP contribution is 2.32. The van der Waals surface area contributed by atoms with Gasteiger partial charge in [-0.3, -0.25) is 9.59 Å². The first-order chi connectivity index (χ1) is 10.1. The molecule has 1 N–H and O–H groups in total. The number of carbonyl (C=O) groups excluding carboxylic acids is 1. The molecule has 1 unspecified atom stereocenters. The van der Waals surface area contributed by atoms with Crippen LogP contribution in [0.15, 0.2) is 24.3 Å². The molecule has 3 nitrogen and oxygen atoms in total. The second-order valence-electron chi connectivity index (χ2n) is 6.29. The van der Waals surface area contributed by atoms with E-state index in [0.29, 0.717) is 17.9 Å². The van der Waals surface area contributed by atoms with Crippen molar-refractivity contribution in [1.82, 2.24) is 0 Å². The molecular formula is C18H24O3. The molecule has 0 radical (unpaired) electrons. The maximum atomic E-state index is 12.1. The highest BCUT2D eigenvalue weighted by molar-refractivity contribution is 5.96. The van der Waals surface area contributed by atoms with E-state index >= 15 is 0 Å². The lowest BCUT2D eigenvalue weighted by molar-refractivity contribution is -0.137. The van der Waals surface area contributed by atoms with Crippen molar-refractivity contribution in [3.63, 3.8) is 0 Å². The van der Waals surface area contributed by atoms with Crippen LogP contribution in [-0.2, 0) is 4.79 Å². The van der Waals surface area contributed by atoms with Crippen LogP contribution >= 0.6 is 0 Å². The molecule has 0 bridgehead atoms. The summed E-state index contributed by atoms with van der Waals surface area (Å²) >= 11 is 0. The van der Waals surface area contributed by atoms with Crippen molar-refractivity contribution in [2.75, 3.05) is 0 Å². The van der Waals surface area contributed by atoms with Crippen molar-refractivity contribution < 1.29 is 14.7 Å². The zero-order valence-electron chi connectivity index (χ0n) is 12.7. The summed E-state index contributed by atoms with van der Waals surface area (Å²) in [6, 6.07) is 7.95. The standard InChI is InChI=1S/C18H24O3/c1-13(12-18(20)21)11-17(19)16-9-7-15(8-10-16)14-5-3-2-4-6-14/h7-10,13-14H,2-6,11-12H2,1H3,(H,20,21). The molecule has 3 heteroatoms. The molecule has 1 atom stereocenters. The van der Waals surface area contributed by atoms with Gasteiger partial charge < -0.3 is 5.11 Å². The average molecular weight is 288 g/mol. The van der Waals surface area contributed by atoms with Gasteiger partial charge in [-0.05, 0) is 30.2 Å². The smallest absolute Gasteiger partial charge is 0.303 e. The summed E-state index contributed by atoms with van der Waals surface area (Å²) in [4.78, 5) is 22.8. The quantitative estimate of drug-likeness (QED) is 0.788. The van der Waals surface area contributed by atoms with Crippen molar-refractivity contribution in [3.05, 3.63) is 35.4 Å². The van der Waals surface area contributed by atoms with Crippen LogP contribution < -0.4 is 0 Å². The van der Waals surface area contributed by atoms with E-state index in [-0.39, 0.29) is 18.1 Å². The number of benzene rings is 1. The zero-order chi connectivity index (χ0) is 15.2. The van der Waals surface area contributed by atoms with Crippen molar-refractivity contribution in [3.8, 4) is 0 Å². The van der Waals surface area contributed by atoms with Gasteiger partial charge in [-0.1, -0.05) is 50.5 Å². The van der Waals surface area contributed by atoms with Crippen molar-refractivity contribution in [1.29, 1.82) is 0 Å². The van der Waals surface area contributed by atoms with E-state index in [1.54, 1.807) is 0 Å². The number of hydrogen-bond donors (Lipinski definition) is 1. The van der Waals surface area contributed by atoms with Gasteiger partial charge in [0.15, 0.2) is 5.78 Å². The highest BCUT2D eigenvalue weighted by Gasteiger charge is 2.17. The first-order valence-electron chi connectivity index (χ1n) is 7.91. The second-order valence-corrected chi connectivity index (χ2v) is 6.29. The summed E-state index contributed by atoms with van der Waals surface area (Å²) in [6.45, 7) is 1.81. The molecule has 21 heavy (non-hydrogen) atoms. The van der Waals surface area contributed by atoms with E-state index in [1.807, 2.05) is 19.1 Å². The fraction of sp³-hybridized carbons (Fsp3) is 0.556. The van der Waals surface area contributed by atoms with Gasteiger partial charge in [-0.2, -0.15) is 0 Å². The van der Waals surface area contributed by atoms with Gasteiger partial charge >= 0.3 is 5.97 Å². The summed E-state index contributed by atoms with van der Waals surface area (Å²) in [7, 11) is 0. The van der Waals surface area contributed by atoms with E-state index in [4.69, 9.17) is 5.11 Å². The first kappa shape index (κ1) is 15.7. The number of hydrogen-bond acceptors (Lipinski definition) is 2. The number of aliphatic carboxylic acids is 1. The van der Waals surface area contributed by atoms with E-state index in [2.05, 4.69) is 12.1 Å². The van der Waals surface area contributed by atoms with Crippen molar-refractivity contribution >= 4 is 11.8 Å². The molecule has 1 aliphatic rings. The second kappa shape index (κ2) is 7.39. The number of ketones is 1. The van der Waals surface area contributed by atoms with Crippen LogP contribution in [0.2, 0.25) is 0 Å². The number of Topliss-reactive ketones (excluding diaryl/α,β-unsaturated/α-hetero) is 1. The van der Waals surface area contributed by atoms with E-state index in [9.17, 15) is 9.59 Å². The molecular weight excluding hydrogens is 264 g/mol. The predicted octanol–water partition coefficient (Wildman–Crippen LogP) is 4.42. The van der Waals surface area contributed by atoms with Gasteiger partial charge in [0.05, 0.1) is 0 Å². The van der Waals surface area contributed by atoms with Gasteiger partial charge in [0.25, 0.3) is 0 Å². The molecule has 0 aliphatic heterocycles. The summed E-state index contributed by atoms with van der Waals surface area (Å²) in [5.41, 5.74) is 2.04. The number of carboxylic acid groups (broad SMARTS) is 1. The van der Waals surface area contributed by atoms with Crippen LogP contribution in [-0.4, -0.2) is 16.9 Å². The Labute approximate surface area is 126 Å². The summed E-state index contributed by atoms with van der Waals surface area (Å²) < 4.78 is 0. The van der Waals surface area contributed by atoms with E-state index in [0.717, 1.165) is 0 Å². The first-order valence-corrected chi connectivity index (χ1v) is 7.91. The van der Waals surface area contributed by atoms with Gasteiger partial charge in [0.2, 0.25) is 0 Å². The third-order valence-corrected chi connectivity index (χ3v) is 4.37. The Morgan fingerprint density at radius 3 is 2.29 bits per heavy atom. The molecule has 2 rings (SSSR count). The normalized spacial score (nSPS) is 17.4. The Balaban J connectivity index is 1.94. The Bertz CT molecular complexity index is 484. The molecule has 0 spiro atoms. The predicted molar refractivity (Wildman–Crippen MR) is 82.6 cm³/mol. The van der Waals surface area contributed by atoms with Crippen LogP contribution in [0.4, 0.5) is 0 Å². The Morgan fingerprint density at radius 2 is 1.71 bits per heavy atom. The monoisotopic (exact) mass is 288 g/mol. The van der Waals surface area contributed by atoms with Gasteiger partial charge in [-0.15, -0.1) is 0 Å². The molecule has 0 aromatic heterocycles. The highest BCUT2D eigenvalue weighted by atomic mass is 16.4. The van der Waals surface area contributed by atoms with E-state index in [1.165, 1.54) is 37.7 Å². The number of carboxylic acids is 1. The van der Waals surface area contributed by atoms with Crippen molar-refractivity contribution in [2.45, 2.75) is 57.8 Å². The fourth-order valence-electron chi connectivity index (χ4n) is 3.18. The Kier molecular flexibility index (Phi) is 5.54. The largest absolute Gasteiger partial charge is 0.481 e. The lowest BCUT2D eigenvalue weighted by Crippen LogP contribution is -2.10. The zero-order valence-corrected chi connectivity index (χ0v) is 12.7. The molecule has 1 aromatic rings. The summed E-state index contributed by atoms with van der Waals surface area (Å²) in [5, 5.41) is 8.74. The number of carbonyl (C=O) groups is 2. The Morgan fingerprint density at radius 1 is 1.10 bits per heavy atom. The van der Waals surface area contributed by atoms with Crippen LogP contribution in [0.25, 0.3) is 0 Å². The minimum atomic E-state index is -0.844. The van der Waals surface area contributed by atoms with Gasteiger partial charge in [0, 0.05) is 18.4 Å². The minimum absolute atomic E-state index is 0.0407. The molecule has 1 saturated carbocycles. The maximum absolute atomic E-state index is 12.1. The molecule has 114 valence electrons. The third-order valence-electron chi connectivity index (χ3n) is 4.37. The minimum Gasteiger partial charge on any atom is -0.481 e. The number of rotatable bonds is 6. The van der Waals surface area contributed by atoms with Crippen LogP contribution in [0.1, 0.15) is 73.7 Å². The maximum Gasteiger partial charge on any atom is 0.303 e. The lowest BCUT2D eigenvalue weighted by atomic mass is 9.83. The van der Waals surface area contributed by atoms with Crippen LogP contribution in [0.3, 0.4) is 0 Å². The topological polar surface area (TPSA) is 54.4 Å². The van der Waals surface area contributed by atoms with Crippen LogP contribution in [0.5, 0.6) is 0 Å². The SMILES string of the molecule is CC(CC(=O)O)CC(=O)c1ccc(C2CCCCC2)cc1. The molecule has 0 amide bonds. The van der Waals surface area contributed by atoms with Crippen LogP contribution in [0, 0.1) is 5.92 Å². The van der Waals surface area contributed by atoms with Crippen molar-refractivity contribution in [2.24, 2.45) is 5.92 Å². The molecule has 1 fully saturated rings. The summed E-state index contributed by atoms with van der Waals surface area (Å²) in [5.74, 6) is -0.274. The lowest BCUT2D eigenvalue weighted by Gasteiger charge is -2.22. The third kappa shape index (κ3) is 4.69. The fourth-order valence-corrected chi connectivity index (χ4v) is 3.18. The molecule has 0 saturated heterocycles. The average Bonchev–Trinajstić information content (AvgIpc) is 2.47. The van der Waals surface area contributed by atoms with Gasteiger partial charge in [0.1, 0.15) is 0 Å². The molecule has 0 heterocycles. The Hall–Kier alpha value is -1.64. The van der Waals surface area contributed by atoms with E-state index < -0.39 is 5.97 Å². The molecule has 1 aliphatic carbocycles.